The molecule has 1 aromatic heterocycles. The minimum atomic E-state index is 0.0277. The van der Waals surface area contributed by atoms with Gasteiger partial charge in [0.05, 0.1) is 17.4 Å². The maximum atomic E-state index is 12.8. The van der Waals surface area contributed by atoms with Crippen molar-refractivity contribution in [2.75, 3.05) is 13.1 Å². The highest BCUT2D eigenvalue weighted by Gasteiger charge is 2.48. The first kappa shape index (κ1) is 14.7. The molecule has 5 heteroatoms. The van der Waals surface area contributed by atoms with E-state index in [4.69, 9.17) is 0 Å². The number of carbonyl (C=O) groups excluding carboxylic acids is 1. The molecule has 3 aliphatic rings. The van der Waals surface area contributed by atoms with Gasteiger partial charge in [0, 0.05) is 24.2 Å². The fourth-order valence-electron chi connectivity index (χ4n) is 4.37. The number of rotatable bonds is 2. The number of amides is 1. The van der Waals surface area contributed by atoms with E-state index in [0.29, 0.717) is 11.5 Å². The van der Waals surface area contributed by atoms with Crippen LogP contribution < -0.4 is 5.32 Å². The molecular formula is C18H24N4O. The van der Waals surface area contributed by atoms with Crippen LogP contribution in [0.2, 0.25) is 0 Å². The van der Waals surface area contributed by atoms with E-state index in [1.54, 1.807) is 6.33 Å². The van der Waals surface area contributed by atoms with Gasteiger partial charge in [-0.1, -0.05) is 0 Å². The van der Waals surface area contributed by atoms with Crippen LogP contribution in [0.3, 0.4) is 0 Å². The van der Waals surface area contributed by atoms with Gasteiger partial charge in [0.15, 0.2) is 0 Å². The number of fused-ring (bicyclic) bond motifs is 4. The molecule has 1 N–H and O–H groups in total. The average molecular weight is 312 g/mol. The zero-order chi connectivity index (χ0) is 16.2. The number of aryl methyl sites for hydroxylation is 1. The average Bonchev–Trinajstić information content (AvgIpc) is 2.92. The largest absolute Gasteiger partial charge is 0.347 e. The van der Waals surface area contributed by atoms with Crippen molar-refractivity contribution in [1.29, 1.82) is 0 Å². The fraction of sp³-hybridized carbons (Fsp3) is 0.556. The molecule has 5 nitrogen and oxygen atoms in total. The molecular weight excluding hydrogens is 288 g/mol. The van der Waals surface area contributed by atoms with Crippen molar-refractivity contribution in [3.63, 3.8) is 0 Å². The molecule has 0 radical (unpaired) electrons. The Balaban J connectivity index is 1.60. The van der Waals surface area contributed by atoms with Crippen molar-refractivity contribution in [2.45, 2.75) is 38.3 Å². The second-order valence-corrected chi connectivity index (χ2v) is 7.49. The minimum Gasteiger partial charge on any atom is -0.347 e. The van der Waals surface area contributed by atoms with Crippen molar-refractivity contribution < 1.29 is 4.79 Å². The number of hydrogen-bond donors (Lipinski definition) is 1. The van der Waals surface area contributed by atoms with Gasteiger partial charge < -0.3 is 9.88 Å². The van der Waals surface area contributed by atoms with Gasteiger partial charge in [-0.2, -0.15) is 0 Å². The summed E-state index contributed by atoms with van der Waals surface area (Å²) in [4.78, 5) is 19.6. The number of hydrogen-bond acceptors (Lipinski definition) is 3. The molecule has 2 bridgehead atoms. The van der Waals surface area contributed by atoms with Gasteiger partial charge in [-0.15, -0.1) is 0 Å². The van der Waals surface area contributed by atoms with Crippen LogP contribution in [0.25, 0.3) is 11.0 Å². The normalized spacial score (nSPS) is 28.9. The second kappa shape index (κ2) is 5.06. The first-order valence-corrected chi connectivity index (χ1v) is 8.44. The van der Waals surface area contributed by atoms with Crippen LogP contribution >= 0.6 is 0 Å². The summed E-state index contributed by atoms with van der Waals surface area (Å²) in [5, 5.41) is 3.32. The topological polar surface area (TPSA) is 50.2 Å². The number of piperidine rings is 3. The van der Waals surface area contributed by atoms with Crippen molar-refractivity contribution in [3.05, 3.63) is 30.1 Å². The quantitative estimate of drug-likeness (QED) is 0.924. The van der Waals surface area contributed by atoms with Crippen LogP contribution in [-0.2, 0) is 7.05 Å². The zero-order valence-electron chi connectivity index (χ0n) is 14.0. The van der Waals surface area contributed by atoms with Gasteiger partial charge >= 0.3 is 0 Å². The molecule has 3 aliphatic heterocycles. The van der Waals surface area contributed by atoms with E-state index in [9.17, 15) is 4.79 Å². The van der Waals surface area contributed by atoms with Crippen LogP contribution in [-0.4, -0.2) is 45.0 Å². The Hall–Kier alpha value is -1.88. The lowest BCUT2D eigenvalue weighted by molar-refractivity contribution is -0.0378. The molecule has 0 saturated carbocycles. The lowest BCUT2D eigenvalue weighted by atomic mass is 9.72. The van der Waals surface area contributed by atoms with Crippen LogP contribution in [0.5, 0.6) is 0 Å². The van der Waals surface area contributed by atoms with E-state index in [1.807, 2.05) is 29.8 Å². The van der Waals surface area contributed by atoms with Gasteiger partial charge in [-0.3, -0.25) is 9.69 Å². The molecule has 1 amide bonds. The molecule has 0 spiro atoms. The maximum Gasteiger partial charge on any atom is 0.251 e. The Morgan fingerprint density at radius 3 is 2.74 bits per heavy atom. The number of aromatic nitrogens is 2. The summed E-state index contributed by atoms with van der Waals surface area (Å²) in [6.07, 6.45) is 4.16. The molecule has 122 valence electrons. The molecule has 23 heavy (non-hydrogen) atoms. The summed E-state index contributed by atoms with van der Waals surface area (Å²) in [6, 6.07) is 5.96. The maximum absolute atomic E-state index is 12.8. The number of benzene rings is 1. The third kappa shape index (κ3) is 2.26. The van der Waals surface area contributed by atoms with Crippen molar-refractivity contribution in [2.24, 2.45) is 13.0 Å². The molecule has 5 rings (SSSR count). The third-order valence-electron chi connectivity index (χ3n) is 5.86. The van der Waals surface area contributed by atoms with E-state index in [1.165, 1.54) is 12.8 Å². The van der Waals surface area contributed by atoms with Gasteiger partial charge in [-0.05, 0) is 63.9 Å². The molecule has 0 aliphatic carbocycles. The summed E-state index contributed by atoms with van der Waals surface area (Å²) < 4.78 is 1.95. The summed E-state index contributed by atoms with van der Waals surface area (Å²) in [7, 11) is 1.95. The molecule has 1 unspecified atom stereocenters. The standard InChI is InChI=1S/C18H24N4O/c1-18(2)16(12-6-8-22(18)9-7-12)20-17(23)13-4-5-14-15(10-13)21(3)11-19-14/h4-5,10-12,16H,6-9H2,1-3H3,(H,20,23). The van der Waals surface area contributed by atoms with E-state index in [2.05, 4.69) is 29.0 Å². The first-order chi connectivity index (χ1) is 11.0. The van der Waals surface area contributed by atoms with Crippen LogP contribution in [0.4, 0.5) is 0 Å². The van der Waals surface area contributed by atoms with Crippen LogP contribution in [0.15, 0.2) is 24.5 Å². The highest BCUT2D eigenvalue weighted by Crippen LogP contribution is 2.39. The van der Waals surface area contributed by atoms with Crippen LogP contribution in [0, 0.1) is 5.92 Å². The predicted molar refractivity (Wildman–Crippen MR) is 90.3 cm³/mol. The molecule has 1 aromatic carbocycles. The second-order valence-electron chi connectivity index (χ2n) is 7.49. The monoisotopic (exact) mass is 312 g/mol. The fourth-order valence-corrected chi connectivity index (χ4v) is 4.37. The van der Waals surface area contributed by atoms with Gasteiger partial charge in [0.25, 0.3) is 5.91 Å². The van der Waals surface area contributed by atoms with E-state index < -0.39 is 0 Å². The Kier molecular flexibility index (Phi) is 3.23. The number of carbonyl (C=O) groups is 1. The summed E-state index contributed by atoms with van der Waals surface area (Å²) in [6.45, 7) is 6.83. The zero-order valence-corrected chi connectivity index (χ0v) is 14.0. The summed E-state index contributed by atoms with van der Waals surface area (Å²) in [5.41, 5.74) is 2.67. The Bertz CT molecular complexity index is 755. The first-order valence-electron chi connectivity index (χ1n) is 8.44. The SMILES string of the molecule is Cn1cnc2ccc(C(=O)NC3C4CCN(CC4)C3(C)C)cc21. The highest BCUT2D eigenvalue weighted by molar-refractivity contribution is 5.97. The third-order valence-corrected chi connectivity index (χ3v) is 5.86. The Morgan fingerprint density at radius 2 is 2.04 bits per heavy atom. The van der Waals surface area contributed by atoms with E-state index >= 15 is 0 Å². The molecule has 1 atom stereocenters. The molecule has 3 saturated heterocycles. The van der Waals surface area contributed by atoms with Gasteiger partial charge in [0.1, 0.15) is 0 Å². The Labute approximate surface area is 136 Å². The van der Waals surface area contributed by atoms with Gasteiger partial charge in [0.2, 0.25) is 0 Å². The number of nitrogens with one attached hydrogen (secondary N) is 1. The smallest absolute Gasteiger partial charge is 0.251 e. The van der Waals surface area contributed by atoms with Crippen molar-refractivity contribution in [1.82, 2.24) is 19.8 Å². The highest BCUT2D eigenvalue weighted by atomic mass is 16.1. The summed E-state index contributed by atoms with van der Waals surface area (Å²) in [5.74, 6) is 0.624. The van der Waals surface area contributed by atoms with Crippen LogP contribution in [0.1, 0.15) is 37.0 Å². The molecule has 2 aromatic rings. The Morgan fingerprint density at radius 1 is 1.30 bits per heavy atom. The number of nitrogens with zero attached hydrogens (tertiary/aromatic N) is 3. The van der Waals surface area contributed by atoms with Crippen molar-refractivity contribution >= 4 is 16.9 Å². The van der Waals surface area contributed by atoms with Crippen molar-refractivity contribution in [3.8, 4) is 0 Å². The van der Waals surface area contributed by atoms with Gasteiger partial charge in [-0.25, -0.2) is 4.98 Å². The lowest BCUT2D eigenvalue weighted by Gasteiger charge is -2.56. The summed E-state index contributed by atoms with van der Waals surface area (Å²) >= 11 is 0. The minimum absolute atomic E-state index is 0.0277. The van der Waals surface area contributed by atoms with E-state index in [-0.39, 0.29) is 17.5 Å². The molecule has 4 heterocycles. The lowest BCUT2D eigenvalue weighted by Crippen LogP contribution is -2.69. The number of imidazole rings is 1. The predicted octanol–water partition coefficient (Wildman–Crippen LogP) is 2.18. The molecule has 3 fully saturated rings. The van der Waals surface area contributed by atoms with E-state index in [0.717, 1.165) is 24.1 Å².